The van der Waals surface area contributed by atoms with Gasteiger partial charge >= 0.3 is 0 Å². The number of aryl methyl sites for hydroxylation is 1. The number of H-pyrrole nitrogens is 1. The van der Waals surface area contributed by atoms with Gasteiger partial charge in [-0.2, -0.15) is 0 Å². The van der Waals surface area contributed by atoms with E-state index < -0.39 is 0 Å². The molecule has 20 heavy (non-hydrogen) atoms. The lowest BCUT2D eigenvalue weighted by Crippen LogP contribution is -1.87. The van der Waals surface area contributed by atoms with Crippen molar-refractivity contribution in [1.82, 2.24) is 11.1 Å². The van der Waals surface area contributed by atoms with E-state index in [0.29, 0.717) is 0 Å². The largest absolute Gasteiger partial charge is 0.354 e. The fourth-order valence-corrected chi connectivity index (χ4v) is 2.88. The molecule has 2 aromatic carbocycles. The third-order valence-corrected chi connectivity index (χ3v) is 3.93. The maximum atomic E-state index is 3.59. The fourth-order valence-electron chi connectivity index (χ4n) is 2.88. The number of fused-ring (bicyclic) bond motifs is 3. The molecule has 1 heterocycles. The van der Waals surface area contributed by atoms with Crippen LogP contribution in [0.1, 0.15) is 38.2 Å². The summed E-state index contributed by atoms with van der Waals surface area (Å²) in [5, 5.41) is 2.71. The number of nitrogens with one attached hydrogen (secondary N) is 1. The zero-order valence-corrected chi connectivity index (χ0v) is 12.3. The topological polar surface area (TPSA) is 50.8 Å². The summed E-state index contributed by atoms with van der Waals surface area (Å²) < 4.78 is 0. The molecular weight excluding hydrogens is 244 g/mol. The average molecular weight is 268 g/mol. The first kappa shape index (κ1) is 14.6. The Balaban J connectivity index is 0.00000147. The second-order valence-electron chi connectivity index (χ2n) is 5.32. The molecule has 0 radical (unpaired) electrons. The van der Waals surface area contributed by atoms with Crippen LogP contribution in [-0.4, -0.2) is 4.98 Å². The van der Waals surface area contributed by atoms with E-state index in [1.807, 2.05) is 0 Å². The zero-order chi connectivity index (χ0) is 13.1. The Kier molecular flexibility index (Phi) is 4.80. The van der Waals surface area contributed by atoms with E-state index in [9.17, 15) is 0 Å². The molecule has 0 atom stereocenters. The van der Waals surface area contributed by atoms with Crippen molar-refractivity contribution in [3.8, 4) is 0 Å². The summed E-state index contributed by atoms with van der Waals surface area (Å²) in [5.41, 5.74) is 4.04. The first-order valence-corrected chi connectivity index (χ1v) is 7.38. The number of aromatic nitrogens is 1. The normalized spacial score (nSPS) is 10.8. The number of benzene rings is 2. The molecule has 0 bridgehead atoms. The molecule has 3 aromatic rings. The number of aromatic amines is 1. The van der Waals surface area contributed by atoms with Crippen molar-refractivity contribution < 1.29 is 0 Å². The minimum atomic E-state index is 0. The van der Waals surface area contributed by atoms with E-state index >= 15 is 0 Å². The van der Waals surface area contributed by atoms with Crippen molar-refractivity contribution in [1.29, 1.82) is 0 Å². The average Bonchev–Trinajstić information content (AvgIpc) is 2.83. The Morgan fingerprint density at radius 2 is 1.65 bits per heavy atom. The van der Waals surface area contributed by atoms with Crippen LogP contribution >= 0.6 is 0 Å². The highest BCUT2D eigenvalue weighted by Gasteiger charge is 2.06. The van der Waals surface area contributed by atoms with Crippen LogP contribution in [-0.2, 0) is 6.42 Å². The molecule has 0 spiro atoms. The number of hydrogen-bond donors (Lipinski definition) is 2. The van der Waals surface area contributed by atoms with E-state index in [-0.39, 0.29) is 6.15 Å². The first-order valence-electron chi connectivity index (χ1n) is 7.38. The minimum absolute atomic E-state index is 0. The molecule has 0 aliphatic rings. The van der Waals surface area contributed by atoms with Gasteiger partial charge in [0.15, 0.2) is 0 Å². The van der Waals surface area contributed by atoms with Gasteiger partial charge in [0.1, 0.15) is 0 Å². The summed E-state index contributed by atoms with van der Waals surface area (Å²) in [7, 11) is 0. The Morgan fingerprint density at radius 1 is 0.850 bits per heavy atom. The van der Waals surface area contributed by atoms with Crippen LogP contribution in [0.4, 0.5) is 0 Å². The van der Waals surface area contributed by atoms with Crippen molar-refractivity contribution in [3.05, 3.63) is 48.0 Å². The van der Waals surface area contributed by atoms with Gasteiger partial charge in [-0.15, -0.1) is 0 Å². The molecule has 1 aromatic heterocycles. The Bertz CT molecular complexity index is 682. The van der Waals surface area contributed by atoms with Crippen molar-refractivity contribution in [2.24, 2.45) is 0 Å². The molecule has 106 valence electrons. The fraction of sp³-hybridized carbons (Fsp3) is 0.333. The quantitative estimate of drug-likeness (QED) is 0.581. The van der Waals surface area contributed by atoms with E-state index in [4.69, 9.17) is 0 Å². The maximum absolute atomic E-state index is 3.59. The molecule has 2 nitrogen and oxygen atoms in total. The number of para-hydroxylation sites is 2. The van der Waals surface area contributed by atoms with Crippen LogP contribution in [0.5, 0.6) is 0 Å². The molecule has 2 heteroatoms. The molecule has 3 rings (SSSR count). The van der Waals surface area contributed by atoms with Crippen molar-refractivity contribution in [2.75, 3.05) is 0 Å². The van der Waals surface area contributed by atoms with Crippen molar-refractivity contribution in [3.63, 3.8) is 0 Å². The highest BCUT2D eigenvalue weighted by molar-refractivity contribution is 6.08. The van der Waals surface area contributed by atoms with Gasteiger partial charge in [0, 0.05) is 21.8 Å². The van der Waals surface area contributed by atoms with Crippen LogP contribution < -0.4 is 6.15 Å². The molecule has 0 aliphatic heterocycles. The van der Waals surface area contributed by atoms with Gasteiger partial charge in [0.05, 0.1) is 0 Å². The van der Waals surface area contributed by atoms with Crippen LogP contribution in [0.15, 0.2) is 42.5 Å². The SMILES string of the molecule is CCCCCCc1cccc2c1[nH]c1ccccc12.N. The standard InChI is InChI=1S/C18H21N.H3N/c1-2-3-4-5-9-14-10-8-12-16-15-11-6-7-13-17(15)19-18(14)16;/h6-8,10-13,19H,2-5,9H2,1H3;1H3. The lowest BCUT2D eigenvalue weighted by Gasteiger charge is -2.03. The Hall–Kier alpha value is -1.80. The van der Waals surface area contributed by atoms with Gasteiger partial charge in [-0.1, -0.05) is 62.6 Å². The third kappa shape index (κ3) is 2.70. The predicted molar refractivity (Wildman–Crippen MR) is 88.7 cm³/mol. The molecule has 0 fully saturated rings. The van der Waals surface area contributed by atoms with E-state index in [1.54, 1.807) is 0 Å². The van der Waals surface area contributed by atoms with Crippen LogP contribution in [0.2, 0.25) is 0 Å². The summed E-state index contributed by atoms with van der Waals surface area (Å²) in [4.78, 5) is 3.59. The monoisotopic (exact) mass is 268 g/mol. The second kappa shape index (κ2) is 6.58. The van der Waals surface area contributed by atoms with Crippen molar-refractivity contribution in [2.45, 2.75) is 39.0 Å². The molecular formula is C18H24N2. The molecule has 0 saturated heterocycles. The molecule has 0 saturated carbocycles. The minimum Gasteiger partial charge on any atom is -0.354 e. The van der Waals surface area contributed by atoms with Gasteiger partial charge in [0.25, 0.3) is 0 Å². The molecule has 0 aliphatic carbocycles. The van der Waals surface area contributed by atoms with Crippen molar-refractivity contribution >= 4 is 21.8 Å². The van der Waals surface area contributed by atoms with Gasteiger partial charge in [-0.3, -0.25) is 0 Å². The van der Waals surface area contributed by atoms with Gasteiger partial charge in [-0.05, 0) is 24.5 Å². The van der Waals surface area contributed by atoms with Crippen LogP contribution in [0.25, 0.3) is 21.8 Å². The Morgan fingerprint density at radius 3 is 2.50 bits per heavy atom. The van der Waals surface area contributed by atoms with Crippen LogP contribution in [0, 0.1) is 0 Å². The zero-order valence-electron chi connectivity index (χ0n) is 12.3. The van der Waals surface area contributed by atoms with Gasteiger partial charge in [-0.25, -0.2) is 0 Å². The lowest BCUT2D eigenvalue weighted by atomic mass is 10.0. The highest BCUT2D eigenvalue weighted by Crippen LogP contribution is 2.28. The van der Waals surface area contributed by atoms with E-state index in [2.05, 4.69) is 54.4 Å². The Labute approximate surface area is 120 Å². The lowest BCUT2D eigenvalue weighted by molar-refractivity contribution is 0.668. The number of rotatable bonds is 5. The first-order chi connectivity index (χ1) is 9.40. The highest BCUT2D eigenvalue weighted by atomic mass is 14.7. The summed E-state index contributed by atoms with van der Waals surface area (Å²) >= 11 is 0. The molecule has 0 amide bonds. The summed E-state index contributed by atoms with van der Waals surface area (Å²) in [6, 6.07) is 15.3. The van der Waals surface area contributed by atoms with E-state index in [1.165, 1.54) is 59.5 Å². The second-order valence-corrected chi connectivity index (χ2v) is 5.32. The smallest absolute Gasteiger partial charge is 0.0497 e. The van der Waals surface area contributed by atoms with E-state index in [0.717, 1.165) is 0 Å². The number of hydrogen-bond acceptors (Lipinski definition) is 1. The predicted octanol–water partition coefficient (Wildman–Crippen LogP) is 5.61. The third-order valence-electron chi connectivity index (χ3n) is 3.93. The number of unbranched alkanes of at least 4 members (excludes halogenated alkanes) is 3. The summed E-state index contributed by atoms with van der Waals surface area (Å²) in [5.74, 6) is 0. The molecule has 4 N–H and O–H groups in total. The summed E-state index contributed by atoms with van der Waals surface area (Å²) in [6.45, 7) is 2.26. The van der Waals surface area contributed by atoms with Gasteiger partial charge in [0.2, 0.25) is 0 Å². The maximum Gasteiger partial charge on any atom is 0.0497 e. The van der Waals surface area contributed by atoms with Gasteiger partial charge < -0.3 is 11.1 Å². The summed E-state index contributed by atoms with van der Waals surface area (Å²) in [6.07, 6.45) is 6.47. The molecule has 0 unspecified atom stereocenters. The van der Waals surface area contributed by atoms with Crippen LogP contribution in [0.3, 0.4) is 0 Å².